The lowest BCUT2D eigenvalue weighted by Crippen LogP contribution is -2.26. The molecular weight excluding hydrogens is 238 g/mol. The third kappa shape index (κ3) is 2.57. The van der Waals surface area contributed by atoms with Crippen molar-refractivity contribution in [2.24, 2.45) is 0 Å². The number of Topliss-reactive ketones (excluding diaryl/α,β-unsaturated/α-hetero) is 1. The number of aromatic nitrogens is 2. The lowest BCUT2D eigenvalue weighted by atomic mass is 9.94. The molecule has 4 nitrogen and oxygen atoms in total. The van der Waals surface area contributed by atoms with Crippen LogP contribution in [0.15, 0.2) is 24.5 Å². The molecular formula is C15H17N3O. The van der Waals surface area contributed by atoms with Crippen LogP contribution in [0.25, 0.3) is 10.9 Å². The van der Waals surface area contributed by atoms with Gasteiger partial charge >= 0.3 is 0 Å². The number of carbonyl (C=O) groups is 1. The lowest BCUT2D eigenvalue weighted by molar-refractivity contribution is -0.120. The molecule has 1 aliphatic carbocycles. The summed E-state index contributed by atoms with van der Waals surface area (Å²) in [6.07, 6.45) is 4.75. The molecule has 0 spiro atoms. The van der Waals surface area contributed by atoms with Crippen LogP contribution in [0.2, 0.25) is 0 Å². The Labute approximate surface area is 112 Å². The topological polar surface area (TPSA) is 54.9 Å². The van der Waals surface area contributed by atoms with Gasteiger partial charge in [0.2, 0.25) is 0 Å². The van der Waals surface area contributed by atoms with Crippen molar-refractivity contribution in [2.45, 2.75) is 38.6 Å². The maximum atomic E-state index is 11.3. The summed E-state index contributed by atoms with van der Waals surface area (Å²) in [5, 5.41) is 4.52. The minimum atomic E-state index is 0.344. The second-order valence-electron chi connectivity index (χ2n) is 5.20. The van der Waals surface area contributed by atoms with E-state index in [4.69, 9.17) is 0 Å². The molecule has 1 saturated carbocycles. The van der Waals surface area contributed by atoms with Crippen LogP contribution in [0.1, 0.15) is 31.2 Å². The summed E-state index contributed by atoms with van der Waals surface area (Å²) in [7, 11) is 0. The summed E-state index contributed by atoms with van der Waals surface area (Å²) in [6.45, 7) is 2.06. The quantitative estimate of drug-likeness (QED) is 0.896. The number of nitrogens with zero attached hydrogens (tertiary/aromatic N) is 2. The summed E-state index contributed by atoms with van der Waals surface area (Å²) in [6, 6.07) is 6.52. The van der Waals surface area contributed by atoms with Crippen molar-refractivity contribution in [3.8, 4) is 0 Å². The first-order valence-corrected chi connectivity index (χ1v) is 6.72. The van der Waals surface area contributed by atoms with E-state index in [0.717, 1.165) is 29.6 Å². The zero-order valence-electron chi connectivity index (χ0n) is 11.0. The average molecular weight is 255 g/mol. The third-order valence-electron chi connectivity index (χ3n) is 3.67. The molecule has 4 heteroatoms. The van der Waals surface area contributed by atoms with Gasteiger partial charge in [-0.2, -0.15) is 0 Å². The fourth-order valence-electron chi connectivity index (χ4n) is 2.56. The van der Waals surface area contributed by atoms with Crippen LogP contribution in [0.5, 0.6) is 0 Å². The highest BCUT2D eigenvalue weighted by Gasteiger charge is 2.19. The van der Waals surface area contributed by atoms with Crippen LogP contribution in [0.4, 0.5) is 5.82 Å². The molecule has 0 atom stereocenters. The van der Waals surface area contributed by atoms with Gasteiger partial charge in [-0.05, 0) is 31.9 Å². The van der Waals surface area contributed by atoms with Crippen LogP contribution in [0.3, 0.4) is 0 Å². The zero-order chi connectivity index (χ0) is 13.2. The Bertz CT molecular complexity index is 614. The summed E-state index contributed by atoms with van der Waals surface area (Å²) >= 11 is 0. The van der Waals surface area contributed by atoms with E-state index < -0.39 is 0 Å². The summed E-state index contributed by atoms with van der Waals surface area (Å²) in [5.41, 5.74) is 2.15. The molecule has 1 aromatic heterocycles. The van der Waals surface area contributed by atoms with Crippen LogP contribution < -0.4 is 5.32 Å². The predicted octanol–water partition coefficient (Wildman–Crippen LogP) is 2.86. The molecule has 2 aromatic rings. The normalized spacial score (nSPS) is 16.8. The first kappa shape index (κ1) is 12.1. The van der Waals surface area contributed by atoms with E-state index in [1.165, 1.54) is 5.56 Å². The molecule has 0 aliphatic heterocycles. The van der Waals surface area contributed by atoms with Crippen molar-refractivity contribution < 1.29 is 4.79 Å². The second kappa shape index (κ2) is 4.96. The minimum absolute atomic E-state index is 0.344. The first-order chi connectivity index (χ1) is 9.22. The zero-order valence-corrected chi connectivity index (χ0v) is 11.0. The van der Waals surface area contributed by atoms with Crippen molar-refractivity contribution in [1.82, 2.24) is 9.97 Å². The first-order valence-electron chi connectivity index (χ1n) is 6.72. The molecule has 19 heavy (non-hydrogen) atoms. The molecule has 3 rings (SSSR count). The Kier molecular flexibility index (Phi) is 3.15. The largest absolute Gasteiger partial charge is 0.367 e. The molecule has 0 bridgehead atoms. The molecule has 1 fully saturated rings. The monoisotopic (exact) mass is 255 g/mol. The van der Waals surface area contributed by atoms with E-state index in [1.54, 1.807) is 6.33 Å². The smallest absolute Gasteiger partial charge is 0.137 e. The highest BCUT2D eigenvalue weighted by Crippen LogP contribution is 2.24. The van der Waals surface area contributed by atoms with E-state index in [0.29, 0.717) is 24.7 Å². The van der Waals surface area contributed by atoms with Crippen molar-refractivity contribution >= 4 is 22.5 Å². The molecule has 1 heterocycles. The number of hydrogen-bond acceptors (Lipinski definition) is 4. The fourth-order valence-corrected chi connectivity index (χ4v) is 2.56. The van der Waals surface area contributed by atoms with E-state index >= 15 is 0 Å². The standard InChI is InChI=1S/C15H17N3O/c1-10-2-7-14-13(8-10)15(17-9-16-14)18-11-3-5-12(19)6-4-11/h2,7-9,11H,3-6H2,1H3,(H,16,17,18). The van der Waals surface area contributed by atoms with Crippen molar-refractivity contribution in [3.63, 3.8) is 0 Å². The van der Waals surface area contributed by atoms with Gasteiger partial charge in [0.05, 0.1) is 5.52 Å². The maximum Gasteiger partial charge on any atom is 0.137 e. The van der Waals surface area contributed by atoms with Crippen LogP contribution in [-0.4, -0.2) is 21.8 Å². The lowest BCUT2D eigenvalue weighted by Gasteiger charge is -2.23. The molecule has 1 aliphatic rings. The number of benzene rings is 1. The van der Waals surface area contributed by atoms with Crippen molar-refractivity contribution in [2.75, 3.05) is 5.32 Å². The van der Waals surface area contributed by atoms with Gasteiger partial charge in [-0.1, -0.05) is 11.6 Å². The number of fused-ring (bicyclic) bond motifs is 1. The molecule has 1 N–H and O–H groups in total. The van der Waals surface area contributed by atoms with E-state index in [-0.39, 0.29) is 0 Å². The molecule has 1 aromatic carbocycles. The number of aryl methyl sites for hydroxylation is 1. The minimum Gasteiger partial charge on any atom is -0.367 e. The number of nitrogens with one attached hydrogen (secondary N) is 1. The summed E-state index contributed by atoms with van der Waals surface area (Å²) in [5.74, 6) is 1.26. The molecule has 0 saturated heterocycles. The predicted molar refractivity (Wildman–Crippen MR) is 75.2 cm³/mol. The Balaban J connectivity index is 1.88. The SMILES string of the molecule is Cc1ccc2ncnc(NC3CCC(=O)CC3)c2c1. The van der Waals surface area contributed by atoms with Crippen LogP contribution in [-0.2, 0) is 4.79 Å². The van der Waals surface area contributed by atoms with E-state index in [1.807, 2.05) is 6.07 Å². The number of hydrogen-bond donors (Lipinski definition) is 1. The van der Waals surface area contributed by atoms with Gasteiger partial charge < -0.3 is 5.32 Å². The number of anilines is 1. The Hall–Kier alpha value is -1.97. The van der Waals surface area contributed by atoms with Crippen LogP contribution in [0, 0.1) is 6.92 Å². The number of rotatable bonds is 2. The highest BCUT2D eigenvalue weighted by molar-refractivity contribution is 5.89. The van der Waals surface area contributed by atoms with Gasteiger partial charge in [0, 0.05) is 24.3 Å². The number of ketones is 1. The van der Waals surface area contributed by atoms with Gasteiger partial charge in [0.25, 0.3) is 0 Å². The van der Waals surface area contributed by atoms with Crippen molar-refractivity contribution in [3.05, 3.63) is 30.1 Å². The van der Waals surface area contributed by atoms with Crippen molar-refractivity contribution in [1.29, 1.82) is 0 Å². The van der Waals surface area contributed by atoms with Gasteiger partial charge in [-0.15, -0.1) is 0 Å². The van der Waals surface area contributed by atoms with Gasteiger partial charge in [-0.25, -0.2) is 9.97 Å². The van der Waals surface area contributed by atoms with Gasteiger partial charge in [0.15, 0.2) is 0 Å². The average Bonchev–Trinajstić information content (AvgIpc) is 2.42. The Morgan fingerprint density at radius 3 is 2.79 bits per heavy atom. The van der Waals surface area contributed by atoms with E-state index in [9.17, 15) is 4.79 Å². The molecule has 0 amide bonds. The van der Waals surface area contributed by atoms with E-state index in [2.05, 4.69) is 34.3 Å². The second-order valence-corrected chi connectivity index (χ2v) is 5.20. The third-order valence-corrected chi connectivity index (χ3v) is 3.67. The highest BCUT2D eigenvalue weighted by atomic mass is 16.1. The van der Waals surface area contributed by atoms with Crippen LogP contribution >= 0.6 is 0 Å². The van der Waals surface area contributed by atoms with Gasteiger partial charge in [0.1, 0.15) is 17.9 Å². The maximum absolute atomic E-state index is 11.3. The molecule has 98 valence electrons. The summed E-state index contributed by atoms with van der Waals surface area (Å²) in [4.78, 5) is 19.9. The molecule has 0 unspecified atom stereocenters. The Morgan fingerprint density at radius 2 is 2.00 bits per heavy atom. The number of carbonyl (C=O) groups excluding carboxylic acids is 1. The summed E-state index contributed by atoms with van der Waals surface area (Å²) < 4.78 is 0. The fraction of sp³-hybridized carbons (Fsp3) is 0.400. The van der Waals surface area contributed by atoms with Gasteiger partial charge in [-0.3, -0.25) is 4.79 Å². The Morgan fingerprint density at radius 1 is 1.21 bits per heavy atom. The molecule has 0 radical (unpaired) electrons.